The molecular formula is C32H38ClFN4OS. The molecule has 8 heteroatoms. The molecule has 1 N–H and O–H groups in total. The Labute approximate surface area is 246 Å². The number of unbranched alkanes of at least 4 members (excludes halogenated alkanes) is 1. The number of benzene rings is 2. The summed E-state index contributed by atoms with van der Waals surface area (Å²) in [4.78, 5) is 21.7. The molecule has 212 valence electrons. The second-order valence-corrected chi connectivity index (χ2v) is 10.6. The van der Waals surface area contributed by atoms with Crippen molar-refractivity contribution in [1.82, 2.24) is 9.97 Å². The smallest absolute Gasteiger partial charge is 0.258 e. The molecule has 0 atom stereocenters. The highest BCUT2D eigenvalue weighted by Gasteiger charge is 2.18. The van der Waals surface area contributed by atoms with Crippen molar-refractivity contribution in [3.63, 3.8) is 0 Å². The van der Waals surface area contributed by atoms with Gasteiger partial charge in [-0.3, -0.25) is 14.8 Å². The minimum Gasteiger partial charge on any atom is -0.322 e. The molecule has 0 radical (unpaired) electrons. The zero-order valence-corrected chi connectivity index (χ0v) is 25.3. The van der Waals surface area contributed by atoms with Gasteiger partial charge >= 0.3 is 0 Å². The number of aromatic nitrogens is 2. The van der Waals surface area contributed by atoms with Crippen LogP contribution in [0.1, 0.15) is 70.2 Å². The fourth-order valence-electron chi connectivity index (χ4n) is 4.02. The van der Waals surface area contributed by atoms with Gasteiger partial charge in [-0.1, -0.05) is 58.6 Å². The molecule has 40 heavy (non-hydrogen) atoms. The Morgan fingerprint density at radius 1 is 1.00 bits per heavy atom. The molecule has 1 aliphatic heterocycles. The zero-order valence-electron chi connectivity index (χ0n) is 23.7. The molecule has 0 unspecified atom stereocenters. The van der Waals surface area contributed by atoms with Crippen molar-refractivity contribution in [3.8, 4) is 11.3 Å². The predicted molar refractivity (Wildman–Crippen MR) is 170 cm³/mol. The van der Waals surface area contributed by atoms with Gasteiger partial charge in [-0.2, -0.15) is 0 Å². The first-order valence-corrected chi connectivity index (χ1v) is 15.3. The van der Waals surface area contributed by atoms with E-state index in [2.05, 4.69) is 33.4 Å². The third kappa shape index (κ3) is 8.18. The van der Waals surface area contributed by atoms with Crippen LogP contribution in [0.3, 0.4) is 0 Å². The Balaban J connectivity index is 0.000000677. The van der Waals surface area contributed by atoms with Crippen molar-refractivity contribution in [2.75, 3.05) is 21.9 Å². The summed E-state index contributed by atoms with van der Waals surface area (Å²) < 4.78 is 17.0. The number of fused-ring (bicyclic) bond motifs is 1. The number of nitrogens with one attached hydrogen (secondary N) is 1. The average molecular weight is 581 g/mol. The maximum Gasteiger partial charge on any atom is 0.258 e. The van der Waals surface area contributed by atoms with Gasteiger partial charge in [-0.25, -0.2) is 4.39 Å². The van der Waals surface area contributed by atoms with E-state index in [1.165, 1.54) is 25.3 Å². The van der Waals surface area contributed by atoms with Crippen LogP contribution in [-0.2, 0) is 0 Å². The van der Waals surface area contributed by atoms with Crippen molar-refractivity contribution in [3.05, 3.63) is 83.4 Å². The van der Waals surface area contributed by atoms with Crippen LogP contribution in [-0.4, -0.2) is 28.2 Å². The Hall–Kier alpha value is -3.16. The fraction of sp³-hybridized carbons (Fsp3) is 0.344. The van der Waals surface area contributed by atoms with Gasteiger partial charge in [0.25, 0.3) is 5.91 Å². The van der Waals surface area contributed by atoms with Gasteiger partial charge in [0.1, 0.15) is 5.82 Å². The maximum absolute atomic E-state index is 14.9. The Kier molecular flexibility index (Phi) is 12.7. The topological polar surface area (TPSA) is 58.1 Å². The monoisotopic (exact) mass is 580 g/mol. The fourth-order valence-corrected chi connectivity index (χ4v) is 5.30. The Morgan fingerprint density at radius 2 is 1.80 bits per heavy atom. The molecule has 1 fully saturated rings. The van der Waals surface area contributed by atoms with Gasteiger partial charge in [0.2, 0.25) is 0 Å². The first-order chi connectivity index (χ1) is 19.5. The van der Waals surface area contributed by atoms with E-state index in [1.807, 2.05) is 32.0 Å². The number of halogens is 2. The van der Waals surface area contributed by atoms with Gasteiger partial charge in [0.15, 0.2) is 0 Å². The largest absolute Gasteiger partial charge is 0.322 e. The Morgan fingerprint density at radius 3 is 2.55 bits per heavy atom. The summed E-state index contributed by atoms with van der Waals surface area (Å²) >= 11 is 8.18. The van der Waals surface area contributed by atoms with Crippen LogP contribution in [0.15, 0.2) is 67.0 Å². The highest BCUT2D eigenvalue weighted by atomic mass is 35.5. The summed E-state index contributed by atoms with van der Waals surface area (Å²) in [5.41, 5.74) is 3.39. The molecule has 0 spiro atoms. The maximum atomic E-state index is 14.9. The van der Waals surface area contributed by atoms with E-state index < -0.39 is 11.7 Å². The van der Waals surface area contributed by atoms with Gasteiger partial charge in [0, 0.05) is 47.0 Å². The lowest BCUT2D eigenvalue weighted by molar-refractivity contribution is 0.102. The lowest BCUT2D eigenvalue weighted by Crippen LogP contribution is -2.17. The van der Waals surface area contributed by atoms with Crippen LogP contribution >= 0.6 is 23.5 Å². The quantitative estimate of drug-likeness (QED) is 0.238. The van der Waals surface area contributed by atoms with Crippen molar-refractivity contribution in [2.45, 2.75) is 59.8 Å². The molecule has 0 saturated carbocycles. The van der Waals surface area contributed by atoms with Crippen LogP contribution in [0.2, 0.25) is 5.02 Å². The van der Waals surface area contributed by atoms with Crippen molar-refractivity contribution in [1.29, 1.82) is 0 Å². The summed E-state index contributed by atoms with van der Waals surface area (Å²) in [5.74, 6) is -0.0473. The molecule has 0 bridgehead atoms. The molecule has 0 aliphatic carbocycles. The first kappa shape index (κ1) is 31.4. The van der Waals surface area contributed by atoms with Gasteiger partial charge < -0.3 is 9.62 Å². The Bertz CT molecular complexity index is 1390. The van der Waals surface area contributed by atoms with Crippen molar-refractivity contribution in [2.24, 2.45) is 0 Å². The van der Waals surface area contributed by atoms with Gasteiger partial charge in [-0.05, 0) is 79.4 Å². The average Bonchev–Trinajstić information content (AvgIpc) is 3.29. The highest BCUT2D eigenvalue weighted by Crippen LogP contribution is 2.34. The molecule has 4 aromatic rings. The van der Waals surface area contributed by atoms with Crippen molar-refractivity contribution < 1.29 is 9.18 Å². The number of rotatable bonds is 5. The zero-order chi connectivity index (χ0) is 28.9. The number of nitrogens with zero attached hydrogens (tertiary/aromatic N) is 3. The summed E-state index contributed by atoms with van der Waals surface area (Å²) in [7, 11) is 0. The molecular weight excluding hydrogens is 543 g/mol. The summed E-state index contributed by atoms with van der Waals surface area (Å²) in [6, 6.07) is 15.5. The van der Waals surface area contributed by atoms with Gasteiger partial charge in [0.05, 0.1) is 21.8 Å². The molecule has 1 amide bonds. The van der Waals surface area contributed by atoms with Crippen LogP contribution in [0, 0.1) is 5.82 Å². The van der Waals surface area contributed by atoms with Crippen LogP contribution < -0.4 is 9.62 Å². The van der Waals surface area contributed by atoms with Gasteiger partial charge in [-0.15, -0.1) is 0 Å². The van der Waals surface area contributed by atoms with Crippen LogP contribution in [0.5, 0.6) is 0 Å². The second kappa shape index (κ2) is 16.2. The van der Waals surface area contributed by atoms with E-state index in [0.29, 0.717) is 22.0 Å². The minimum atomic E-state index is -0.546. The van der Waals surface area contributed by atoms with E-state index in [4.69, 9.17) is 11.6 Å². The summed E-state index contributed by atoms with van der Waals surface area (Å²) in [5, 5.41) is 4.14. The normalized spacial score (nSPS) is 12.9. The molecule has 5 rings (SSSR count). The second-order valence-electron chi connectivity index (χ2n) is 9.04. The molecule has 2 aromatic carbocycles. The lowest BCUT2D eigenvalue weighted by atomic mass is 10.1. The number of pyridine rings is 2. The van der Waals surface area contributed by atoms with E-state index in [1.54, 1.807) is 54.7 Å². The van der Waals surface area contributed by atoms with E-state index in [-0.39, 0.29) is 5.56 Å². The minimum absolute atomic E-state index is 0.00689. The molecule has 1 saturated heterocycles. The lowest BCUT2D eigenvalue weighted by Gasteiger charge is -2.21. The SMILES string of the molecule is CC.CCCC.O=C(Nc1ccc(Cl)c(-c2nccc3ncccc23)c1)c1ccc(N2CCCCCS2)cc1F. The molecule has 3 heterocycles. The summed E-state index contributed by atoms with van der Waals surface area (Å²) in [6.45, 7) is 9.24. The van der Waals surface area contributed by atoms with E-state index >= 15 is 0 Å². The predicted octanol–water partition coefficient (Wildman–Crippen LogP) is 9.81. The third-order valence-corrected chi connectivity index (χ3v) is 7.75. The number of carbonyl (C=O) groups is 1. The van der Waals surface area contributed by atoms with E-state index in [0.717, 1.165) is 41.7 Å². The molecule has 1 aliphatic rings. The van der Waals surface area contributed by atoms with Crippen LogP contribution in [0.4, 0.5) is 15.8 Å². The number of anilines is 2. The standard InChI is InChI=1S/C26H22ClFN4OS.C4H10.C2H6/c27-22-9-6-17(15-21(22)25-20-5-4-11-29-24(20)10-12-30-25)31-26(33)19-8-7-18(16-23(19)28)32-13-2-1-3-14-34-32;1-3-4-2;1-2/h4-12,15-16H,1-3,13-14H2,(H,31,33);3-4H2,1-2H3;1-2H3. The number of hydrogen-bond donors (Lipinski definition) is 1. The van der Waals surface area contributed by atoms with Crippen LogP contribution in [0.25, 0.3) is 22.2 Å². The molecule has 5 nitrogen and oxygen atoms in total. The van der Waals surface area contributed by atoms with E-state index in [9.17, 15) is 9.18 Å². The summed E-state index contributed by atoms with van der Waals surface area (Å²) in [6.07, 6.45) is 9.46. The molecule has 2 aromatic heterocycles. The number of carbonyl (C=O) groups excluding carboxylic acids is 1. The third-order valence-electron chi connectivity index (χ3n) is 6.25. The number of amides is 1. The first-order valence-electron chi connectivity index (χ1n) is 14.0. The number of hydrogen-bond acceptors (Lipinski definition) is 5. The van der Waals surface area contributed by atoms with Crippen molar-refractivity contribution >= 4 is 51.7 Å². The highest BCUT2D eigenvalue weighted by molar-refractivity contribution is 8.00.